The van der Waals surface area contributed by atoms with Crippen molar-refractivity contribution in [2.24, 2.45) is 0 Å². The Hall–Kier alpha value is -0.820. The van der Waals surface area contributed by atoms with Gasteiger partial charge in [0.2, 0.25) is 0 Å². The van der Waals surface area contributed by atoms with Crippen LogP contribution in [0.1, 0.15) is 36.0 Å². The van der Waals surface area contributed by atoms with Gasteiger partial charge in [-0.25, -0.2) is 0 Å². The summed E-state index contributed by atoms with van der Waals surface area (Å²) in [6.45, 7) is 6.64. The number of hydrogen-bond donors (Lipinski definition) is 0. The van der Waals surface area contributed by atoms with E-state index in [0.29, 0.717) is 5.92 Å². The fraction of sp³-hybridized carbons (Fsp3) is 0.375. The number of fused-ring (bicyclic) bond motifs is 1. The average Bonchev–Trinajstić information content (AvgIpc) is 2.33. The second-order valence-electron chi connectivity index (χ2n) is 4.78. The molecule has 1 heteroatoms. The fourth-order valence-corrected chi connectivity index (χ4v) is 3.30. The Balaban J connectivity index is 2.71. The molecule has 0 saturated heterocycles. The van der Waals surface area contributed by atoms with E-state index in [0.717, 1.165) is 5.33 Å². The predicted molar refractivity (Wildman–Crippen MR) is 80.2 cm³/mol. The molecule has 0 fully saturated rings. The molecule has 0 aliphatic rings. The summed E-state index contributed by atoms with van der Waals surface area (Å²) in [6, 6.07) is 11.3. The third-order valence-corrected chi connectivity index (χ3v) is 4.30. The van der Waals surface area contributed by atoms with Gasteiger partial charge in [-0.15, -0.1) is 0 Å². The van der Waals surface area contributed by atoms with Gasteiger partial charge in [-0.3, -0.25) is 0 Å². The maximum atomic E-state index is 3.65. The summed E-state index contributed by atoms with van der Waals surface area (Å²) in [7, 11) is 0. The zero-order chi connectivity index (χ0) is 12.4. The molecular weight excluding hydrogens is 272 g/mol. The van der Waals surface area contributed by atoms with Gasteiger partial charge in [-0.1, -0.05) is 58.7 Å². The van der Waals surface area contributed by atoms with Gasteiger partial charge in [0.05, 0.1) is 0 Å². The molecule has 0 aliphatic heterocycles. The smallest absolute Gasteiger partial charge is 0.0100 e. The van der Waals surface area contributed by atoms with Gasteiger partial charge in [0, 0.05) is 5.33 Å². The standard InChI is InChI=1S/C16H19Br/c1-4-13(10-17)16-12(3)6-7-14-9-11(2)5-8-15(14)16/h5-9,13H,4,10H2,1-3H3. The van der Waals surface area contributed by atoms with Crippen LogP contribution in [-0.4, -0.2) is 5.33 Å². The Bertz CT molecular complexity index is 524. The van der Waals surface area contributed by atoms with Crippen molar-refractivity contribution < 1.29 is 0 Å². The lowest BCUT2D eigenvalue weighted by molar-refractivity contribution is 0.750. The largest absolute Gasteiger partial charge is 0.0921 e. The maximum absolute atomic E-state index is 3.65. The number of halogens is 1. The first-order valence-corrected chi connectivity index (χ1v) is 7.35. The van der Waals surface area contributed by atoms with Crippen molar-refractivity contribution in [3.8, 4) is 0 Å². The first kappa shape index (κ1) is 12.6. The molecule has 0 spiro atoms. The summed E-state index contributed by atoms with van der Waals surface area (Å²) >= 11 is 3.65. The molecule has 17 heavy (non-hydrogen) atoms. The quantitative estimate of drug-likeness (QED) is 0.669. The van der Waals surface area contributed by atoms with Gasteiger partial charge in [0.25, 0.3) is 0 Å². The second kappa shape index (κ2) is 5.22. The predicted octanol–water partition coefficient (Wildman–Crippen LogP) is 5.35. The van der Waals surface area contributed by atoms with Crippen LogP contribution in [0.15, 0.2) is 30.3 Å². The van der Waals surface area contributed by atoms with Crippen molar-refractivity contribution in [3.63, 3.8) is 0 Å². The van der Waals surface area contributed by atoms with Crippen molar-refractivity contribution in [2.45, 2.75) is 33.1 Å². The van der Waals surface area contributed by atoms with Crippen LogP contribution in [0.2, 0.25) is 0 Å². The van der Waals surface area contributed by atoms with E-state index in [2.05, 4.69) is 67.0 Å². The van der Waals surface area contributed by atoms with Crippen LogP contribution in [0.5, 0.6) is 0 Å². The summed E-state index contributed by atoms with van der Waals surface area (Å²) in [5.74, 6) is 0.612. The van der Waals surface area contributed by atoms with Gasteiger partial charge in [0.1, 0.15) is 0 Å². The molecule has 1 unspecified atom stereocenters. The molecule has 0 aromatic heterocycles. The third kappa shape index (κ3) is 2.40. The van der Waals surface area contributed by atoms with Crippen molar-refractivity contribution >= 4 is 26.7 Å². The summed E-state index contributed by atoms with van der Waals surface area (Å²) in [5, 5.41) is 3.82. The highest BCUT2D eigenvalue weighted by Crippen LogP contribution is 2.32. The molecule has 2 rings (SSSR count). The lowest BCUT2D eigenvalue weighted by Gasteiger charge is -2.18. The van der Waals surface area contributed by atoms with E-state index >= 15 is 0 Å². The Morgan fingerprint density at radius 1 is 1.12 bits per heavy atom. The summed E-state index contributed by atoms with van der Waals surface area (Å²) in [5.41, 5.74) is 4.26. The normalized spacial score (nSPS) is 12.9. The van der Waals surface area contributed by atoms with Crippen molar-refractivity contribution in [3.05, 3.63) is 47.0 Å². The minimum atomic E-state index is 0.612. The highest BCUT2D eigenvalue weighted by atomic mass is 79.9. The van der Waals surface area contributed by atoms with E-state index in [-0.39, 0.29) is 0 Å². The van der Waals surface area contributed by atoms with Crippen LogP contribution in [0.4, 0.5) is 0 Å². The highest BCUT2D eigenvalue weighted by molar-refractivity contribution is 9.09. The molecule has 0 nitrogen and oxygen atoms in total. The molecule has 90 valence electrons. The van der Waals surface area contributed by atoms with E-state index < -0.39 is 0 Å². The number of alkyl halides is 1. The average molecular weight is 291 g/mol. The van der Waals surface area contributed by atoms with Crippen molar-refractivity contribution in [2.75, 3.05) is 5.33 Å². The minimum absolute atomic E-state index is 0.612. The van der Waals surface area contributed by atoms with Crippen LogP contribution in [0.25, 0.3) is 10.8 Å². The number of aryl methyl sites for hydroxylation is 2. The minimum Gasteiger partial charge on any atom is -0.0921 e. The molecule has 2 aromatic carbocycles. The summed E-state index contributed by atoms with van der Waals surface area (Å²) < 4.78 is 0. The van der Waals surface area contributed by atoms with Gasteiger partial charge in [-0.2, -0.15) is 0 Å². The fourth-order valence-electron chi connectivity index (χ4n) is 2.51. The van der Waals surface area contributed by atoms with E-state index in [1.807, 2.05) is 0 Å². The topological polar surface area (TPSA) is 0 Å². The molecule has 0 aliphatic carbocycles. The molecule has 0 N–H and O–H groups in total. The van der Waals surface area contributed by atoms with E-state index in [9.17, 15) is 0 Å². The van der Waals surface area contributed by atoms with E-state index in [1.165, 1.54) is 33.9 Å². The zero-order valence-electron chi connectivity index (χ0n) is 10.8. The molecule has 0 saturated carbocycles. The number of hydrogen-bond acceptors (Lipinski definition) is 0. The maximum Gasteiger partial charge on any atom is 0.0100 e. The van der Waals surface area contributed by atoms with E-state index in [4.69, 9.17) is 0 Å². The Kier molecular flexibility index (Phi) is 3.88. The van der Waals surface area contributed by atoms with Crippen LogP contribution in [0, 0.1) is 13.8 Å². The van der Waals surface area contributed by atoms with Crippen molar-refractivity contribution in [1.82, 2.24) is 0 Å². The number of benzene rings is 2. The van der Waals surface area contributed by atoms with Crippen LogP contribution in [-0.2, 0) is 0 Å². The monoisotopic (exact) mass is 290 g/mol. The first-order valence-electron chi connectivity index (χ1n) is 6.23. The Labute approximate surface area is 112 Å². The Morgan fingerprint density at radius 3 is 2.53 bits per heavy atom. The molecule has 0 amide bonds. The van der Waals surface area contributed by atoms with Crippen LogP contribution < -0.4 is 0 Å². The molecular formula is C16H19Br. The highest BCUT2D eigenvalue weighted by Gasteiger charge is 2.13. The van der Waals surface area contributed by atoms with Gasteiger partial charge in [-0.05, 0) is 48.1 Å². The van der Waals surface area contributed by atoms with Gasteiger partial charge < -0.3 is 0 Å². The Morgan fingerprint density at radius 2 is 1.88 bits per heavy atom. The van der Waals surface area contributed by atoms with Gasteiger partial charge in [0.15, 0.2) is 0 Å². The van der Waals surface area contributed by atoms with E-state index in [1.54, 1.807) is 0 Å². The second-order valence-corrected chi connectivity index (χ2v) is 5.43. The van der Waals surface area contributed by atoms with Crippen molar-refractivity contribution in [1.29, 1.82) is 0 Å². The molecule has 0 heterocycles. The zero-order valence-corrected chi connectivity index (χ0v) is 12.3. The molecule has 1 atom stereocenters. The number of rotatable bonds is 3. The first-order chi connectivity index (χ1) is 8.17. The lowest BCUT2D eigenvalue weighted by atomic mass is 9.89. The third-order valence-electron chi connectivity index (χ3n) is 3.52. The summed E-state index contributed by atoms with van der Waals surface area (Å²) in [6.07, 6.45) is 1.18. The van der Waals surface area contributed by atoms with Crippen LogP contribution in [0.3, 0.4) is 0 Å². The molecule has 0 radical (unpaired) electrons. The lowest BCUT2D eigenvalue weighted by Crippen LogP contribution is -2.02. The van der Waals surface area contributed by atoms with Crippen LogP contribution >= 0.6 is 15.9 Å². The molecule has 2 aromatic rings. The SMILES string of the molecule is CCC(CBr)c1c(C)ccc2cc(C)ccc12. The molecule has 0 bridgehead atoms. The van der Waals surface area contributed by atoms with Gasteiger partial charge >= 0.3 is 0 Å². The summed E-state index contributed by atoms with van der Waals surface area (Å²) in [4.78, 5) is 0.